The molecule has 0 radical (unpaired) electrons. The molecule has 0 saturated carbocycles. The zero-order valence-electron chi connectivity index (χ0n) is 14.4. The van der Waals surface area contributed by atoms with Crippen LogP contribution in [0.1, 0.15) is 32.6 Å². The Morgan fingerprint density at radius 3 is 2.33 bits per heavy atom. The van der Waals surface area contributed by atoms with Crippen LogP contribution in [0.25, 0.3) is 0 Å². The van der Waals surface area contributed by atoms with E-state index in [1.807, 2.05) is 0 Å². The zero-order valence-corrected chi connectivity index (χ0v) is 14.4. The van der Waals surface area contributed by atoms with E-state index in [4.69, 9.17) is 18.9 Å². The number of ether oxygens (including phenoxy) is 4. The van der Waals surface area contributed by atoms with Crippen molar-refractivity contribution in [2.75, 3.05) is 20.8 Å². The first-order chi connectivity index (χ1) is 11.6. The van der Waals surface area contributed by atoms with Crippen molar-refractivity contribution in [3.05, 3.63) is 30.4 Å². The van der Waals surface area contributed by atoms with Crippen molar-refractivity contribution >= 4 is 11.9 Å². The summed E-state index contributed by atoms with van der Waals surface area (Å²) in [5.74, 6) is 0.0221. The molecule has 6 nitrogen and oxygen atoms in total. The number of hydrogen-bond acceptors (Lipinski definition) is 6. The van der Waals surface area contributed by atoms with E-state index < -0.39 is 11.9 Å². The number of methoxy groups -OCH3 is 2. The topological polar surface area (TPSA) is 71.1 Å². The summed E-state index contributed by atoms with van der Waals surface area (Å²) < 4.78 is 20.3. The molecule has 0 atom stereocenters. The first kappa shape index (κ1) is 19.5. The minimum Gasteiger partial charge on any atom is -0.493 e. The van der Waals surface area contributed by atoms with Crippen LogP contribution in [0.2, 0.25) is 0 Å². The number of esters is 2. The maximum absolute atomic E-state index is 11.7. The van der Waals surface area contributed by atoms with Gasteiger partial charge in [0.1, 0.15) is 5.75 Å². The predicted octanol–water partition coefficient (Wildman–Crippen LogP) is 3.29. The predicted molar refractivity (Wildman–Crippen MR) is 89.4 cm³/mol. The van der Waals surface area contributed by atoms with Gasteiger partial charge in [-0.2, -0.15) is 0 Å². The van der Waals surface area contributed by atoms with Crippen LogP contribution in [0, 0.1) is 0 Å². The zero-order chi connectivity index (χ0) is 17.8. The normalized spacial score (nSPS) is 10.5. The smallest absolute Gasteiger partial charge is 0.336 e. The lowest BCUT2D eigenvalue weighted by Gasteiger charge is -2.08. The summed E-state index contributed by atoms with van der Waals surface area (Å²) in [6.07, 6.45) is 6.17. The summed E-state index contributed by atoms with van der Waals surface area (Å²) in [5.41, 5.74) is 0. The van der Waals surface area contributed by atoms with Crippen LogP contribution in [0.3, 0.4) is 0 Å². The fourth-order valence-corrected chi connectivity index (χ4v) is 1.92. The van der Waals surface area contributed by atoms with E-state index in [1.165, 1.54) is 20.3 Å². The molecule has 1 rings (SSSR count). The van der Waals surface area contributed by atoms with E-state index in [0.29, 0.717) is 18.1 Å². The van der Waals surface area contributed by atoms with Gasteiger partial charge in [-0.25, -0.2) is 9.59 Å². The van der Waals surface area contributed by atoms with Gasteiger partial charge in [-0.05, 0) is 18.6 Å². The Labute approximate surface area is 142 Å². The third kappa shape index (κ3) is 7.17. The average molecular weight is 336 g/mol. The highest BCUT2D eigenvalue weighted by Gasteiger charge is 2.08. The molecule has 1 aromatic carbocycles. The molecule has 0 saturated heterocycles. The summed E-state index contributed by atoms with van der Waals surface area (Å²) in [6.45, 7) is 2.46. The van der Waals surface area contributed by atoms with Crippen molar-refractivity contribution in [1.82, 2.24) is 0 Å². The standard InChI is InChI=1S/C18H24O6/c1-4-5-6-7-12-23-17(19)10-11-18(20)24-14-8-9-15(21-2)16(13-14)22-3/h8-11,13H,4-7,12H2,1-3H3/b11-10+. The molecule has 0 aliphatic carbocycles. The molecule has 0 bridgehead atoms. The Balaban J connectivity index is 2.43. The second-order valence-corrected chi connectivity index (χ2v) is 5.00. The lowest BCUT2D eigenvalue weighted by molar-refractivity contribution is -0.138. The van der Waals surface area contributed by atoms with Gasteiger partial charge >= 0.3 is 11.9 Å². The SMILES string of the molecule is CCCCCCOC(=O)/C=C/C(=O)Oc1ccc(OC)c(OC)c1. The Hall–Kier alpha value is -2.50. The summed E-state index contributed by atoms with van der Waals surface area (Å²) in [4.78, 5) is 23.2. The third-order valence-corrected chi connectivity index (χ3v) is 3.17. The second kappa shape index (κ2) is 11.1. The fourth-order valence-electron chi connectivity index (χ4n) is 1.92. The van der Waals surface area contributed by atoms with Gasteiger partial charge in [0.25, 0.3) is 0 Å². The molecule has 132 valence electrons. The molecular weight excluding hydrogens is 312 g/mol. The quantitative estimate of drug-likeness (QED) is 0.283. The van der Waals surface area contributed by atoms with E-state index >= 15 is 0 Å². The molecule has 0 aliphatic heterocycles. The van der Waals surface area contributed by atoms with Crippen LogP contribution in [-0.4, -0.2) is 32.8 Å². The molecule has 0 N–H and O–H groups in total. The molecule has 6 heteroatoms. The Morgan fingerprint density at radius 1 is 0.958 bits per heavy atom. The molecule has 24 heavy (non-hydrogen) atoms. The Morgan fingerprint density at radius 2 is 1.67 bits per heavy atom. The molecule has 0 unspecified atom stereocenters. The summed E-state index contributed by atoms with van der Waals surface area (Å²) in [7, 11) is 3.00. The Kier molecular flexibility index (Phi) is 9.04. The van der Waals surface area contributed by atoms with E-state index in [0.717, 1.165) is 37.8 Å². The number of hydrogen-bond donors (Lipinski definition) is 0. The van der Waals surface area contributed by atoms with Crippen LogP contribution < -0.4 is 14.2 Å². The Bertz CT molecular complexity index is 565. The van der Waals surface area contributed by atoms with Gasteiger partial charge in [0.2, 0.25) is 0 Å². The van der Waals surface area contributed by atoms with Crippen LogP contribution in [0.4, 0.5) is 0 Å². The van der Waals surface area contributed by atoms with Gasteiger partial charge in [0.05, 0.1) is 20.8 Å². The molecule has 0 fully saturated rings. The van der Waals surface area contributed by atoms with Crippen LogP contribution >= 0.6 is 0 Å². The number of carbonyl (C=O) groups is 2. The largest absolute Gasteiger partial charge is 0.493 e. The summed E-state index contributed by atoms with van der Waals surface area (Å²) >= 11 is 0. The highest BCUT2D eigenvalue weighted by atomic mass is 16.5. The van der Waals surface area contributed by atoms with Crippen molar-refractivity contribution in [2.24, 2.45) is 0 Å². The lowest BCUT2D eigenvalue weighted by Crippen LogP contribution is -2.07. The minimum absolute atomic E-state index is 0.287. The average Bonchev–Trinajstić information content (AvgIpc) is 2.59. The minimum atomic E-state index is -0.676. The van der Waals surface area contributed by atoms with Crippen molar-refractivity contribution in [3.63, 3.8) is 0 Å². The van der Waals surface area contributed by atoms with Crippen LogP contribution in [0.5, 0.6) is 17.2 Å². The number of benzene rings is 1. The molecule has 1 aromatic rings. The number of rotatable bonds is 10. The maximum Gasteiger partial charge on any atom is 0.336 e. The van der Waals surface area contributed by atoms with Crippen molar-refractivity contribution in [2.45, 2.75) is 32.6 Å². The van der Waals surface area contributed by atoms with Gasteiger partial charge in [-0.3, -0.25) is 0 Å². The molecule has 0 heterocycles. The first-order valence-electron chi connectivity index (χ1n) is 7.89. The highest BCUT2D eigenvalue weighted by Crippen LogP contribution is 2.30. The molecule has 0 amide bonds. The molecular formula is C18H24O6. The van der Waals surface area contributed by atoms with E-state index in [9.17, 15) is 9.59 Å². The number of unbranched alkanes of at least 4 members (excludes halogenated alkanes) is 3. The van der Waals surface area contributed by atoms with Crippen molar-refractivity contribution in [1.29, 1.82) is 0 Å². The van der Waals surface area contributed by atoms with Crippen LogP contribution in [-0.2, 0) is 14.3 Å². The van der Waals surface area contributed by atoms with Gasteiger partial charge in [-0.1, -0.05) is 26.2 Å². The van der Waals surface area contributed by atoms with Crippen LogP contribution in [0.15, 0.2) is 30.4 Å². The van der Waals surface area contributed by atoms with Gasteiger partial charge in [-0.15, -0.1) is 0 Å². The maximum atomic E-state index is 11.7. The summed E-state index contributed by atoms with van der Waals surface area (Å²) in [6, 6.07) is 4.71. The highest BCUT2D eigenvalue weighted by molar-refractivity contribution is 5.92. The fraction of sp³-hybridized carbons (Fsp3) is 0.444. The van der Waals surface area contributed by atoms with E-state index in [-0.39, 0.29) is 5.75 Å². The van der Waals surface area contributed by atoms with Gasteiger partial charge in [0, 0.05) is 18.2 Å². The summed E-state index contributed by atoms with van der Waals surface area (Å²) in [5, 5.41) is 0. The van der Waals surface area contributed by atoms with E-state index in [2.05, 4.69) is 6.92 Å². The van der Waals surface area contributed by atoms with Crippen molar-refractivity contribution in [3.8, 4) is 17.2 Å². The third-order valence-electron chi connectivity index (χ3n) is 3.17. The number of carbonyl (C=O) groups excluding carboxylic acids is 2. The van der Waals surface area contributed by atoms with E-state index in [1.54, 1.807) is 12.1 Å². The lowest BCUT2D eigenvalue weighted by atomic mass is 10.2. The molecule has 0 aliphatic rings. The first-order valence-corrected chi connectivity index (χ1v) is 7.89. The van der Waals surface area contributed by atoms with Crippen molar-refractivity contribution < 1.29 is 28.5 Å². The van der Waals surface area contributed by atoms with Gasteiger partial charge < -0.3 is 18.9 Å². The van der Waals surface area contributed by atoms with Gasteiger partial charge in [0.15, 0.2) is 11.5 Å². The molecule has 0 spiro atoms. The monoisotopic (exact) mass is 336 g/mol. The second-order valence-electron chi connectivity index (χ2n) is 5.00. The molecule has 0 aromatic heterocycles.